The summed E-state index contributed by atoms with van der Waals surface area (Å²) in [5.74, 6) is -0.660. The van der Waals surface area contributed by atoms with E-state index in [2.05, 4.69) is 37.7 Å². The van der Waals surface area contributed by atoms with Crippen molar-refractivity contribution < 1.29 is 32.9 Å². The SMILES string of the molecule is CCCCC(C)(C)[C@@H](/C=C/[C@@H]1[C@@H](C/C=C\C/C=C/C(=O)OC)[C@H](F)C[C@H]1OC1CCCCO1)OC1CCCCO1. The van der Waals surface area contributed by atoms with Crippen LogP contribution in [0.4, 0.5) is 4.39 Å². The Morgan fingerprint density at radius 2 is 1.77 bits per heavy atom. The van der Waals surface area contributed by atoms with Gasteiger partial charge in [-0.2, -0.15) is 0 Å². The van der Waals surface area contributed by atoms with Gasteiger partial charge in [0.25, 0.3) is 0 Å². The lowest BCUT2D eigenvalue weighted by molar-refractivity contribution is -0.198. The van der Waals surface area contributed by atoms with Gasteiger partial charge in [0.2, 0.25) is 0 Å². The van der Waals surface area contributed by atoms with Crippen molar-refractivity contribution in [2.75, 3.05) is 20.3 Å². The van der Waals surface area contributed by atoms with Crippen LogP contribution in [0.2, 0.25) is 0 Å². The first-order valence-electron chi connectivity index (χ1n) is 15.6. The van der Waals surface area contributed by atoms with Crippen molar-refractivity contribution in [3.05, 3.63) is 36.5 Å². The summed E-state index contributed by atoms with van der Waals surface area (Å²) in [5.41, 5.74) is -0.0781. The van der Waals surface area contributed by atoms with Crippen LogP contribution in [0.15, 0.2) is 36.5 Å². The zero-order chi connectivity index (χ0) is 28.8. The summed E-state index contributed by atoms with van der Waals surface area (Å²) in [4.78, 5) is 11.3. The van der Waals surface area contributed by atoms with Crippen LogP contribution in [0, 0.1) is 17.3 Å². The Morgan fingerprint density at radius 1 is 1.05 bits per heavy atom. The number of carbonyl (C=O) groups excluding carboxylic acids is 1. The Kier molecular flexibility index (Phi) is 14.4. The number of rotatable bonds is 15. The number of unbranched alkanes of at least 4 members (excludes halogenated alkanes) is 1. The largest absolute Gasteiger partial charge is 0.466 e. The molecule has 0 N–H and O–H groups in total. The fraction of sp³-hybridized carbons (Fsp3) is 0.788. The molecule has 0 aromatic carbocycles. The molecular formula is C33H53FO6. The minimum Gasteiger partial charge on any atom is -0.466 e. The molecule has 7 heteroatoms. The summed E-state index contributed by atoms with van der Waals surface area (Å²) < 4.78 is 45.0. The molecule has 7 atom stereocenters. The maximum atomic E-state index is 15.6. The third kappa shape index (κ3) is 10.7. The van der Waals surface area contributed by atoms with Crippen LogP contribution in [0.25, 0.3) is 0 Å². The third-order valence-electron chi connectivity index (χ3n) is 8.50. The van der Waals surface area contributed by atoms with Crippen LogP contribution >= 0.6 is 0 Å². The minimum atomic E-state index is -0.965. The highest BCUT2D eigenvalue weighted by atomic mass is 19.1. The van der Waals surface area contributed by atoms with Crippen molar-refractivity contribution in [3.63, 3.8) is 0 Å². The first-order valence-corrected chi connectivity index (χ1v) is 15.6. The molecule has 3 fully saturated rings. The van der Waals surface area contributed by atoms with Crippen LogP contribution in [0.1, 0.15) is 97.8 Å². The van der Waals surface area contributed by atoms with Gasteiger partial charge in [-0.15, -0.1) is 0 Å². The second-order valence-electron chi connectivity index (χ2n) is 12.2. The zero-order valence-electron chi connectivity index (χ0n) is 25.2. The van der Waals surface area contributed by atoms with E-state index in [9.17, 15) is 4.79 Å². The molecular weight excluding hydrogens is 511 g/mol. The maximum absolute atomic E-state index is 15.6. The van der Waals surface area contributed by atoms with Gasteiger partial charge in [-0.1, -0.05) is 64.0 Å². The average Bonchev–Trinajstić information content (AvgIpc) is 3.25. The molecule has 6 nitrogen and oxygen atoms in total. The first kappa shape index (κ1) is 33.0. The molecule has 0 radical (unpaired) electrons. The van der Waals surface area contributed by atoms with Gasteiger partial charge in [0, 0.05) is 37.5 Å². The topological polar surface area (TPSA) is 63.2 Å². The summed E-state index contributed by atoms with van der Waals surface area (Å²) in [5, 5.41) is 0. The van der Waals surface area contributed by atoms with Crippen LogP contribution < -0.4 is 0 Å². The van der Waals surface area contributed by atoms with E-state index in [1.54, 1.807) is 6.08 Å². The molecule has 3 aliphatic rings. The number of hydrogen-bond acceptors (Lipinski definition) is 6. The van der Waals surface area contributed by atoms with Crippen LogP contribution in [0.3, 0.4) is 0 Å². The predicted octanol–water partition coefficient (Wildman–Crippen LogP) is 7.62. The minimum absolute atomic E-state index is 0.0781. The summed E-state index contributed by atoms with van der Waals surface area (Å²) >= 11 is 0. The molecule has 2 heterocycles. The van der Waals surface area contributed by atoms with E-state index in [0.717, 1.165) is 64.4 Å². The number of alkyl halides is 1. The molecule has 0 amide bonds. The van der Waals surface area contributed by atoms with Gasteiger partial charge < -0.3 is 23.7 Å². The fourth-order valence-electron chi connectivity index (χ4n) is 5.94. The molecule has 0 aromatic rings. The Hall–Kier alpha value is -1.54. The van der Waals surface area contributed by atoms with Gasteiger partial charge in [0.05, 0.1) is 19.3 Å². The Balaban J connectivity index is 1.76. The molecule has 2 aliphatic heterocycles. The smallest absolute Gasteiger partial charge is 0.330 e. The van der Waals surface area contributed by atoms with E-state index < -0.39 is 6.17 Å². The highest BCUT2D eigenvalue weighted by Gasteiger charge is 2.44. The van der Waals surface area contributed by atoms with Crippen LogP contribution in [-0.4, -0.2) is 57.3 Å². The summed E-state index contributed by atoms with van der Waals surface area (Å²) in [6.07, 6.45) is 20.7. The first-order chi connectivity index (χ1) is 19.3. The van der Waals surface area contributed by atoms with Crippen molar-refractivity contribution >= 4 is 5.97 Å². The van der Waals surface area contributed by atoms with E-state index >= 15 is 4.39 Å². The quantitative estimate of drug-likeness (QED) is 0.116. The van der Waals surface area contributed by atoms with E-state index in [-0.39, 0.29) is 48.0 Å². The third-order valence-corrected chi connectivity index (χ3v) is 8.50. The van der Waals surface area contributed by atoms with Crippen molar-refractivity contribution in [2.24, 2.45) is 17.3 Å². The maximum Gasteiger partial charge on any atom is 0.330 e. The standard InChI is InChI=1S/C33H53FO6/c1-5-6-21-33(2,3)29(40-32-18-12-14-23-38-32)20-19-26-25(15-9-7-8-10-16-30(35)36-4)27(34)24-28(26)39-31-17-11-13-22-37-31/h7,9-10,16,19-20,25-29,31-32H,5-6,8,11-15,17-18,21-24H2,1-4H3/b9-7-,16-10+,20-19+/t25-,26-,27-,28-,29-,31?,32?/m1/s1. The summed E-state index contributed by atoms with van der Waals surface area (Å²) in [6, 6.07) is 0. The number of esters is 1. The zero-order valence-corrected chi connectivity index (χ0v) is 25.2. The molecule has 1 saturated carbocycles. The molecule has 0 spiro atoms. The Labute approximate surface area is 241 Å². The summed E-state index contributed by atoms with van der Waals surface area (Å²) in [7, 11) is 1.36. The Morgan fingerprint density at radius 3 is 2.42 bits per heavy atom. The lowest BCUT2D eigenvalue weighted by Gasteiger charge is -2.36. The Bertz CT molecular complexity index is 812. The van der Waals surface area contributed by atoms with Gasteiger partial charge in [0.15, 0.2) is 12.6 Å². The predicted molar refractivity (Wildman–Crippen MR) is 155 cm³/mol. The molecule has 2 unspecified atom stereocenters. The van der Waals surface area contributed by atoms with Gasteiger partial charge in [-0.3, -0.25) is 0 Å². The second-order valence-corrected chi connectivity index (χ2v) is 12.2. The fourth-order valence-corrected chi connectivity index (χ4v) is 5.94. The molecule has 228 valence electrons. The van der Waals surface area contributed by atoms with Crippen molar-refractivity contribution in [1.29, 1.82) is 0 Å². The summed E-state index contributed by atoms with van der Waals surface area (Å²) in [6.45, 7) is 8.18. The highest BCUT2D eigenvalue weighted by molar-refractivity contribution is 5.81. The van der Waals surface area contributed by atoms with Gasteiger partial charge in [0.1, 0.15) is 6.17 Å². The number of hydrogen-bond donors (Lipinski definition) is 0. The normalized spacial score (nSPS) is 30.9. The number of ether oxygens (including phenoxy) is 5. The number of carbonyl (C=O) groups is 1. The average molecular weight is 565 g/mol. The molecule has 3 rings (SSSR count). The monoisotopic (exact) mass is 564 g/mol. The molecule has 0 aromatic heterocycles. The molecule has 2 saturated heterocycles. The van der Waals surface area contributed by atoms with Gasteiger partial charge in [-0.25, -0.2) is 9.18 Å². The molecule has 0 bridgehead atoms. The number of allylic oxidation sites excluding steroid dienone is 3. The number of methoxy groups -OCH3 is 1. The van der Waals surface area contributed by atoms with Crippen molar-refractivity contribution in [3.8, 4) is 0 Å². The molecule has 40 heavy (non-hydrogen) atoms. The number of halogens is 1. The van der Waals surface area contributed by atoms with Crippen molar-refractivity contribution in [2.45, 2.75) is 129 Å². The lowest BCUT2D eigenvalue weighted by Crippen LogP contribution is -2.37. The van der Waals surface area contributed by atoms with Crippen LogP contribution in [0.5, 0.6) is 0 Å². The van der Waals surface area contributed by atoms with E-state index in [0.29, 0.717) is 25.9 Å². The second kappa shape index (κ2) is 17.4. The van der Waals surface area contributed by atoms with E-state index in [1.807, 2.05) is 12.2 Å². The van der Waals surface area contributed by atoms with E-state index in [1.165, 1.54) is 13.2 Å². The van der Waals surface area contributed by atoms with Crippen molar-refractivity contribution in [1.82, 2.24) is 0 Å². The van der Waals surface area contributed by atoms with E-state index in [4.69, 9.17) is 18.9 Å². The van der Waals surface area contributed by atoms with Gasteiger partial charge >= 0.3 is 5.97 Å². The molecule has 1 aliphatic carbocycles. The van der Waals surface area contributed by atoms with Crippen LogP contribution in [-0.2, 0) is 28.5 Å². The lowest BCUT2D eigenvalue weighted by atomic mass is 9.80. The highest BCUT2D eigenvalue weighted by Crippen LogP contribution is 2.42. The van der Waals surface area contributed by atoms with Gasteiger partial charge in [-0.05, 0) is 63.2 Å².